The zero-order valence-electron chi connectivity index (χ0n) is 22.3. The summed E-state index contributed by atoms with van der Waals surface area (Å²) in [6, 6.07) is 14.2. The van der Waals surface area contributed by atoms with Crippen LogP contribution in [-0.4, -0.2) is 76.7 Å². The Hall–Kier alpha value is -3.05. The first-order chi connectivity index (χ1) is 17.6. The third kappa shape index (κ3) is 7.33. The number of benzene rings is 1. The summed E-state index contributed by atoms with van der Waals surface area (Å²) >= 11 is 0. The van der Waals surface area contributed by atoms with Gasteiger partial charge in [-0.1, -0.05) is 36.4 Å². The van der Waals surface area contributed by atoms with Crippen molar-refractivity contribution in [2.45, 2.75) is 44.9 Å². The van der Waals surface area contributed by atoms with Crippen molar-refractivity contribution in [2.75, 3.05) is 26.7 Å². The molecule has 0 bridgehead atoms. The van der Waals surface area contributed by atoms with Crippen molar-refractivity contribution in [3.05, 3.63) is 66.0 Å². The minimum absolute atomic E-state index is 0. The van der Waals surface area contributed by atoms with E-state index in [1.54, 1.807) is 32.0 Å². The molecule has 10 nitrogen and oxygen atoms in total. The molecular weight excluding hydrogens is 543 g/mol. The number of rotatable bonds is 9. The first-order valence-electron chi connectivity index (χ1n) is 12.4. The summed E-state index contributed by atoms with van der Waals surface area (Å²) in [5.41, 5.74) is 6.26. The Morgan fingerprint density at radius 1 is 1.15 bits per heavy atom. The summed E-state index contributed by atoms with van der Waals surface area (Å²) in [5, 5.41) is 8.60. The number of nitrogens with zero attached hydrogens (tertiary/aromatic N) is 4. The SMILES string of the molecule is CN1N=C2CCN(C(=O)[C@@H](COCc3ccccc3)NC(=O)C(C)(C)N)C[C@]2(Cc2ccccn2)C1=O.Cl.Cl. The highest BCUT2D eigenvalue weighted by Crippen LogP contribution is 2.38. The van der Waals surface area contributed by atoms with E-state index < -0.39 is 22.9 Å². The van der Waals surface area contributed by atoms with Crippen LogP contribution in [0.15, 0.2) is 59.8 Å². The summed E-state index contributed by atoms with van der Waals surface area (Å²) in [6.45, 7) is 3.92. The Morgan fingerprint density at radius 3 is 2.49 bits per heavy atom. The van der Waals surface area contributed by atoms with Gasteiger partial charge in [0.2, 0.25) is 11.8 Å². The molecule has 0 aliphatic carbocycles. The molecule has 12 heteroatoms. The predicted molar refractivity (Wildman–Crippen MR) is 153 cm³/mol. The van der Waals surface area contributed by atoms with Crippen molar-refractivity contribution >= 4 is 48.2 Å². The van der Waals surface area contributed by atoms with E-state index in [9.17, 15) is 14.4 Å². The second kappa shape index (κ2) is 13.3. The quantitative estimate of drug-likeness (QED) is 0.467. The third-order valence-electron chi connectivity index (χ3n) is 6.71. The molecule has 39 heavy (non-hydrogen) atoms. The third-order valence-corrected chi connectivity index (χ3v) is 6.71. The molecule has 2 aliphatic rings. The van der Waals surface area contributed by atoms with E-state index in [-0.39, 0.29) is 56.4 Å². The monoisotopic (exact) mass is 578 g/mol. The average Bonchev–Trinajstić information content (AvgIpc) is 3.12. The van der Waals surface area contributed by atoms with Crippen molar-refractivity contribution < 1.29 is 19.1 Å². The van der Waals surface area contributed by atoms with Gasteiger partial charge in [0.1, 0.15) is 11.5 Å². The van der Waals surface area contributed by atoms with Gasteiger partial charge in [0.15, 0.2) is 0 Å². The van der Waals surface area contributed by atoms with Gasteiger partial charge in [-0.05, 0) is 31.5 Å². The molecule has 3 N–H and O–H groups in total. The zero-order valence-corrected chi connectivity index (χ0v) is 24.0. The maximum absolute atomic E-state index is 13.8. The number of nitrogens with one attached hydrogen (secondary N) is 1. The molecule has 3 heterocycles. The van der Waals surface area contributed by atoms with Crippen molar-refractivity contribution in [2.24, 2.45) is 16.3 Å². The van der Waals surface area contributed by atoms with E-state index in [4.69, 9.17) is 10.5 Å². The van der Waals surface area contributed by atoms with Crippen LogP contribution in [0.3, 0.4) is 0 Å². The van der Waals surface area contributed by atoms with Crippen LogP contribution in [0.4, 0.5) is 0 Å². The van der Waals surface area contributed by atoms with E-state index in [0.717, 1.165) is 17.0 Å². The van der Waals surface area contributed by atoms with Crippen molar-refractivity contribution in [1.29, 1.82) is 0 Å². The Labute approximate surface area is 241 Å². The minimum Gasteiger partial charge on any atom is -0.374 e. The largest absolute Gasteiger partial charge is 0.374 e. The van der Waals surface area contributed by atoms with Gasteiger partial charge >= 0.3 is 0 Å². The molecule has 4 rings (SSSR count). The number of piperidine rings is 1. The topological polar surface area (TPSA) is 130 Å². The standard InChI is InChI=1S/C27H34N6O4.2ClH/c1-26(2,28)24(35)30-21(17-37-16-19-9-5-4-6-10-19)23(34)33-14-12-22-27(18-33,25(36)32(3)31-22)15-20-11-7-8-13-29-20;;/h4-11,13,21H,12,14-18,28H2,1-3H3,(H,30,35);2*1H/t21-,27+;;/m1../s1. The number of hydrazone groups is 1. The number of nitrogens with two attached hydrogens (primary N) is 1. The molecule has 1 aromatic carbocycles. The van der Waals surface area contributed by atoms with E-state index in [0.29, 0.717) is 19.4 Å². The predicted octanol–water partition coefficient (Wildman–Crippen LogP) is 1.95. The highest BCUT2D eigenvalue weighted by atomic mass is 35.5. The van der Waals surface area contributed by atoms with E-state index in [1.165, 1.54) is 5.01 Å². The maximum atomic E-state index is 13.8. The molecule has 1 saturated heterocycles. The zero-order chi connectivity index (χ0) is 26.6. The molecule has 0 spiro atoms. The lowest BCUT2D eigenvalue weighted by Gasteiger charge is -2.40. The van der Waals surface area contributed by atoms with Crippen LogP contribution >= 0.6 is 24.8 Å². The first-order valence-corrected chi connectivity index (χ1v) is 12.4. The van der Waals surface area contributed by atoms with Crippen LogP contribution in [0.25, 0.3) is 0 Å². The van der Waals surface area contributed by atoms with Gasteiger partial charge < -0.3 is 20.7 Å². The first kappa shape index (κ1) is 32.2. The highest BCUT2D eigenvalue weighted by Gasteiger charge is 2.54. The summed E-state index contributed by atoms with van der Waals surface area (Å²) in [7, 11) is 1.63. The van der Waals surface area contributed by atoms with E-state index in [2.05, 4.69) is 15.4 Å². The fraction of sp³-hybridized carbons (Fsp3) is 0.444. The van der Waals surface area contributed by atoms with E-state index in [1.807, 2.05) is 48.5 Å². The van der Waals surface area contributed by atoms with Gasteiger partial charge in [-0.15, -0.1) is 24.8 Å². The summed E-state index contributed by atoms with van der Waals surface area (Å²) in [6.07, 6.45) is 2.46. The van der Waals surface area contributed by atoms with Crippen LogP contribution in [-0.2, 0) is 32.1 Å². The molecule has 2 aliphatic heterocycles. The Bertz CT molecular complexity index is 1180. The van der Waals surface area contributed by atoms with Gasteiger partial charge in [0.05, 0.1) is 24.5 Å². The number of carbonyl (C=O) groups is 3. The molecule has 1 aromatic heterocycles. The second-order valence-corrected chi connectivity index (χ2v) is 10.2. The van der Waals surface area contributed by atoms with Crippen molar-refractivity contribution in [3.63, 3.8) is 0 Å². The normalized spacial score (nSPS) is 19.3. The number of likely N-dealkylation sites (tertiary alicyclic amines) is 1. The Morgan fingerprint density at radius 2 is 1.85 bits per heavy atom. The number of fused-ring (bicyclic) bond motifs is 1. The van der Waals surface area contributed by atoms with Crippen LogP contribution in [0, 0.1) is 5.41 Å². The lowest BCUT2D eigenvalue weighted by Crippen LogP contribution is -2.61. The van der Waals surface area contributed by atoms with Gasteiger partial charge in [-0.3, -0.25) is 19.4 Å². The second-order valence-electron chi connectivity index (χ2n) is 10.2. The number of halogens is 2. The highest BCUT2D eigenvalue weighted by molar-refractivity contribution is 6.13. The number of carbonyl (C=O) groups excluding carboxylic acids is 3. The van der Waals surface area contributed by atoms with Gasteiger partial charge in [-0.2, -0.15) is 5.10 Å². The lowest BCUT2D eigenvalue weighted by molar-refractivity contribution is -0.143. The molecule has 0 unspecified atom stereocenters. The van der Waals surface area contributed by atoms with E-state index >= 15 is 0 Å². The maximum Gasteiger partial charge on any atom is 0.256 e. The fourth-order valence-corrected chi connectivity index (χ4v) is 4.69. The molecule has 1 fully saturated rings. The molecule has 2 aromatic rings. The minimum atomic E-state index is -1.18. The van der Waals surface area contributed by atoms with Crippen LogP contribution in [0.2, 0.25) is 0 Å². The summed E-state index contributed by atoms with van der Waals surface area (Å²) in [4.78, 5) is 45.9. The number of hydrogen-bond donors (Lipinski definition) is 2. The molecule has 0 radical (unpaired) electrons. The van der Waals surface area contributed by atoms with Crippen LogP contribution in [0.5, 0.6) is 0 Å². The smallest absolute Gasteiger partial charge is 0.256 e. The molecule has 3 amide bonds. The van der Waals surface area contributed by atoms with Crippen LogP contribution < -0.4 is 11.1 Å². The van der Waals surface area contributed by atoms with Crippen LogP contribution in [0.1, 0.15) is 31.5 Å². The van der Waals surface area contributed by atoms with Gasteiger partial charge in [-0.25, -0.2) is 5.01 Å². The lowest BCUT2D eigenvalue weighted by atomic mass is 9.74. The fourth-order valence-electron chi connectivity index (χ4n) is 4.69. The molecular formula is C27H36Cl2N6O4. The van der Waals surface area contributed by atoms with Crippen molar-refractivity contribution in [3.8, 4) is 0 Å². The molecule has 2 atom stereocenters. The number of amides is 3. The summed E-state index contributed by atoms with van der Waals surface area (Å²) < 4.78 is 5.84. The number of pyridine rings is 1. The summed E-state index contributed by atoms with van der Waals surface area (Å²) in [5.74, 6) is -0.963. The Balaban J connectivity index is 0.00000267. The Kier molecular flexibility index (Phi) is 11.0. The van der Waals surface area contributed by atoms with Gasteiger partial charge in [0, 0.05) is 44.9 Å². The van der Waals surface area contributed by atoms with Crippen molar-refractivity contribution in [1.82, 2.24) is 20.2 Å². The average molecular weight is 580 g/mol. The number of aromatic nitrogens is 1. The van der Waals surface area contributed by atoms with Gasteiger partial charge in [0.25, 0.3) is 5.91 Å². The molecule has 0 saturated carbocycles. The molecule has 212 valence electrons. The number of ether oxygens (including phenoxy) is 1. The number of hydrogen-bond acceptors (Lipinski definition) is 7.